The van der Waals surface area contributed by atoms with E-state index in [0.29, 0.717) is 18.3 Å². The molecule has 1 aliphatic carbocycles. The summed E-state index contributed by atoms with van der Waals surface area (Å²) in [7, 11) is -4.34. The van der Waals surface area contributed by atoms with E-state index >= 15 is 0 Å². The van der Waals surface area contributed by atoms with E-state index < -0.39 is 32.3 Å². The average molecular weight is 375 g/mol. The lowest BCUT2D eigenvalue weighted by Gasteiger charge is -2.19. The summed E-state index contributed by atoms with van der Waals surface area (Å²) < 4.78 is 17.2. The Morgan fingerprint density at radius 2 is 2.12 bits per heavy atom. The van der Waals surface area contributed by atoms with Gasteiger partial charge in [0.1, 0.15) is 12.2 Å². The molecule has 0 radical (unpaired) electrons. The molecule has 0 unspecified atom stereocenters. The summed E-state index contributed by atoms with van der Waals surface area (Å²) in [6.07, 6.45) is 5.11. The van der Waals surface area contributed by atoms with Gasteiger partial charge in [0.2, 0.25) is 0 Å². The SMILES string of the molecule is CCc1cn(C[C@@H](CO)OCP(=O)(O)O)c(=O)nc1NC1CCCC1. The molecular formula is C15H26N3O6P. The van der Waals surface area contributed by atoms with E-state index in [9.17, 15) is 14.5 Å². The predicted molar refractivity (Wildman–Crippen MR) is 92.6 cm³/mol. The smallest absolute Gasteiger partial charge is 0.350 e. The number of anilines is 1. The number of aliphatic hydroxyl groups is 1. The minimum Gasteiger partial charge on any atom is -0.394 e. The first kappa shape index (κ1) is 20.1. The molecule has 1 aromatic heterocycles. The van der Waals surface area contributed by atoms with Gasteiger partial charge in [-0.3, -0.25) is 9.13 Å². The Kier molecular flexibility index (Phi) is 7.15. The van der Waals surface area contributed by atoms with Crippen molar-refractivity contribution in [2.24, 2.45) is 0 Å². The topological polar surface area (TPSA) is 134 Å². The summed E-state index contributed by atoms with van der Waals surface area (Å²) in [5.74, 6) is 0.590. The molecule has 1 aromatic rings. The molecule has 1 saturated carbocycles. The first-order chi connectivity index (χ1) is 11.8. The molecule has 4 N–H and O–H groups in total. The van der Waals surface area contributed by atoms with Crippen molar-refractivity contribution in [1.82, 2.24) is 9.55 Å². The molecule has 1 fully saturated rings. The van der Waals surface area contributed by atoms with Crippen LogP contribution in [0.4, 0.5) is 5.82 Å². The second-order valence-corrected chi connectivity index (χ2v) is 7.88. The number of hydrogen-bond donors (Lipinski definition) is 4. The van der Waals surface area contributed by atoms with E-state index in [0.717, 1.165) is 18.4 Å². The van der Waals surface area contributed by atoms with Crippen molar-refractivity contribution in [2.45, 2.75) is 57.7 Å². The van der Waals surface area contributed by atoms with Gasteiger partial charge in [0.05, 0.1) is 19.3 Å². The predicted octanol–water partition coefficient (Wildman–Crippen LogP) is 0.673. The largest absolute Gasteiger partial charge is 0.394 e. The van der Waals surface area contributed by atoms with Crippen LogP contribution in [0.5, 0.6) is 0 Å². The highest BCUT2D eigenvalue weighted by Crippen LogP contribution is 2.34. The maximum Gasteiger partial charge on any atom is 0.350 e. The fourth-order valence-electron chi connectivity index (χ4n) is 2.90. The molecule has 1 aliphatic rings. The second kappa shape index (κ2) is 8.91. The number of hydrogen-bond acceptors (Lipinski definition) is 6. The van der Waals surface area contributed by atoms with E-state index in [2.05, 4.69) is 10.3 Å². The molecule has 0 aliphatic heterocycles. The maximum atomic E-state index is 12.3. The zero-order chi connectivity index (χ0) is 18.4. The fourth-order valence-corrected chi connectivity index (χ4v) is 3.30. The van der Waals surface area contributed by atoms with Crippen LogP contribution in [0.3, 0.4) is 0 Å². The van der Waals surface area contributed by atoms with Gasteiger partial charge in [-0.05, 0) is 19.3 Å². The molecule has 2 rings (SSSR count). The summed E-state index contributed by atoms with van der Waals surface area (Å²) in [5, 5.41) is 12.7. The van der Waals surface area contributed by atoms with Crippen molar-refractivity contribution < 1.29 is 24.2 Å². The normalized spacial score (nSPS) is 17.0. The average Bonchev–Trinajstić information content (AvgIpc) is 3.05. The minimum absolute atomic E-state index is 0.0287. The van der Waals surface area contributed by atoms with E-state index in [-0.39, 0.29) is 6.54 Å². The number of aliphatic hydroxyl groups excluding tert-OH is 1. The van der Waals surface area contributed by atoms with Crippen LogP contribution >= 0.6 is 7.60 Å². The molecule has 0 saturated heterocycles. The van der Waals surface area contributed by atoms with Crippen molar-refractivity contribution in [1.29, 1.82) is 0 Å². The summed E-state index contributed by atoms with van der Waals surface area (Å²) >= 11 is 0. The molecule has 9 nitrogen and oxygen atoms in total. The highest BCUT2D eigenvalue weighted by Gasteiger charge is 2.20. The zero-order valence-corrected chi connectivity index (χ0v) is 15.2. The summed E-state index contributed by atoms with van der Waals surface area (Å²) in [6, 6.07) is 0.338. The Balaban J connectivity index is 2.11. The Hall–Kier alpha value is -1.25. The molecule has 0 spiro atoms. The lowest BCUT2D eigenvalue weighted by atomic mass is 10.2. The van der Waals surface area contributed by atoms with Gasteiger partial charge in [-0.1, -0.05) is 19.8 Å². The van der Waals surface area contributed by atoms with Gasteiger partial charge in [-0.2, -0.15) is 4.98 Å². The zero-order valence-electron chi connectivity index (χ0n) is 14.3. The molecule has 10 heteroatoms. The van der Waals surface area contributed by atoms with Crippen molar-refractivity contribution >= 4 is 13.4 Å². The van der Waals surface area contributed by atoms with Gasteiger partial charge in [0.15, 0.2) is 0 Å². The third kappa shape index (κ3) is 6.20. The van der Waals surface area contributed by atoms with E-state index in [1.165, 1.54) is 17.4 Å². The summed E-state index contributed by atoms with van der Waals surface area (Å²) in [4.78, 5) is 34.1. The highest BCUT2D eigenvalue weighted by molar-refractivity contribution is 7.51. The summed E-state index contributed by atoms with van der Waals surface area (Å²) in [5.41, 5.74) is 0.383. The van der Waals surface area contributed by atoms with Crippen molar-refractivity contribution in [3.05, 3.63) is 22.2 Å². The molecular weight excluding hydrogens is 349 g/mol. The van der Waals surface area contributed by atoms with E-state index in [1.54, 1.807) is 6.20 Å². The van der Waals surface area contributed by atoms with Crippen LogP contribution in [0.1, 0.15) is 38.2 Å². The van der Waals surface area contributed by atoms with Gasteiger partial charge in [0, 0.05) is 17.8 Å². The maximum absolute atomic E-state index is 12.3. The van der Waals surface area contributed by atoms with E-state index in [1.807, 2.05) is 6.92 Å². The molecule has 0 bridgehead atoms. The van der Waals surface area contributed by atoms with Crippen LogP contribution < -0.4 is 11.0 Å². The third-order valence-corrected chi connectivity index (χ3v) is 4.71. The molecule has 1 atom stereocenters. The fraction of sp³-hybridized carbons (Fsp3) is 0.733. The lowest BCUT2D eigenvalue weighted by molar-refractivity contribution is 0.0188. The van der Waals surface area contributed by atoms with Crippen LogP contribution in [0, 0.1) is 0 Å². The number of aromatic nitrogens is 2. The minimum atomic E-state index is -4.34. The van der Waals surface area contributed by atoms with Gasteiger partial charge in [0.25, 0.3) is 0 Å². The number of nitrogens with one attached hydrogen (secondary N) is 1. The van der Waals surface area contributed by atoms with Crippen LogP contribution in [-0.2, 0) is 22.3 Å². The molecule has 25 heavy (non-hydrogen) atoms. The van der Waals surface area contributed by atoms with Crippen molar-refractivity contribution in [3.63, 3.8) is 0 Å². The Morgan fingerprint density at radius 3 is 2.68 bits per heavy atom. The highest BCUT2D eigenvalue weighted by atomic mass is 31.2. The molecule has 1 heterocycles. The Morgan fingerprint density at radius 1 is 1.44 bits per heavy atom. The molecule has 0 aromatic carbocycles. The lowest BCUT2D eigenvalue weighted by Crippen LogP contribution is -2.33. The molecule has 142 valence electrons. The number of ether oxygens (including phenoxy) is 1. The second-order valence-electron chi connectivity index (χ2n) is 6.29. The first-order valence-electron chi connectivity index (χ1n) is 8.46. The number of aryl methyl sites for hydroxylation is 1. The molecule has 0 amide bonds. The van der Waals surface area contributed by atoms with E-state index in [4.69, 9.17) is 14.5 Å². The van der Waals surface area contributed by atoms with Crippen LogP contribution in [0.15, 0.2) is 11.0 Å². The third-order valence-electron chi connectivity index (χ3n) is 4.23. The van der Waals surface area contributed by atoms with Crippen LogP contribution in [-0.4, -0.2) is 49.5 Å². The number of nitrogens with zero attached hydrogens (tertiary/aromatic N) is 2. The Labute approximate surface area is 146 Å². The summed E-state index contributed by atoms with van der Waals surface area (Å²) in [6.45, 7) is 1.47. The quantitative estimate of drug-likeness (QED) is 0.463. The van der Waals surface area contributed by atoms with Gasteiger partial charge in [-0.25, -0.2) is 4.79 Å². The van der Waals surface area contributed by atoms with Crippen LogP contribution in [0.25, 0.3) is 0 Å². The standard InChI is InChI=1S/C15H26N3O6P/c1-2-11-7-18(8-13(9-19)24-10-25(21,22)23)15(20)17-14(11)16-12-5-3-4-6-12/h7,12-13,19H,2-6,8-10H2,1H3,(H,16,17,20)(H2,21,22,23)/t13-/m0/s1. The van der Waals surface area contributed by atoms with Crippen molar-refractivity contribution in [2.75, 3.05) is 18.3 Å². The Bertz CT molecular complexity index is 668. The van der Waals surface area contributed by atoms with Gasteiger partial charge < -0.3 is 24.9 Å². The van der Waals surface area contributed by atoms with Crippen molar-refractivity contribution in [3.8, 4) is 0 Å². The van der Waals surface area contributed by atoms with Crippen LogP contribution in [0.2, 0.25) is 0 Å². The van der Waals surface area contributed by atoms with Gasteiger partial charge >= 0.3 is 13.3 Å². The van der Waals surface area contributed by atoms with Gasteiger partial charge in [-0.15, -0.1) is 0 Å². The monoisotopic (exact) mass is 375 g/mol. The number of rotatable bonds is 9. The first-order valence-corrected chi connectivity index (χ1v) is 10.3.